The number of benzene rings is 1. The molecule has 0 radical (unpaired) electrons. The third-order valence-corrected chi connectivity index (χ3v) is 3.91. The van der Waals surface area contributed by atoms with Crippen LogP contribution < -0.4 is 10.1 Å². The van der Waals surface area contributed by atoms with E-state index in [4.69, 9.17) is 4.74 Å². The van der Waals surface area contributed by atoms with E-state index in [1.807, 2.05) is 17.6 Å². The van der Waals surface area contributed by atoms with Gasteiger partial charge in [0.25, 0.3) is 0 Å². The van der Waals surface area contributed by atoms with Gasteiger partial charge in [0.2, 0.25) is 0 Å². The number of hydrogen-bond donors (Lipinski definition) is 1. The average Bonchev–Trinajstić information content (AvgIpc) is 2.92. The molecule has 0 aliphatic carbocycles. The van der Waals surface area contributed by atoms with Crippen molar-refractivity contribution in [3.8, 4) is 5.75 Å². The Kier molecular flexibility index (Phi) is 4.98. The van der Waals surface area contributed by atoms with Gasteiger partial charge in [0.1, 0.15) is 10.8 Å². The van der Waals surface area contributed by atoms with Crippen molar-refractivity contribution < 1.29 is 4.74 Å². The summed E-state index contributed by atoms with van der Waals surface area (Å²) >= 11 is 1.66. The molecule has 0 aliphatic heterocycles. The maximum absolute atomic E-state index is 5.43. The van der Waals surface area contributed by atoms with E-state index in [9.17, 15) is 0 Å². The summed E-state index contributed by atoms with van der Waals surface area (Å²) in [5, 5.41) is 6.55. The van der Waals surface area contributed by atoms with Gasteiger partial charge in [-0.1, -0.05) is 6.07 Å². The number of nitrogens with one attached hydrogen (secondary N) is 1. The van der Waals surface area contributed by atoms with Crippen molar-refractivity contribution in [1.82, 2.24) is 9.88 Å². The summed E-state index contributed by atoms with van der Waals surface area (Å²) < 4.78 is 5.43. The third kappa shape index (κ3) is 3.71. The summed E-state index contributed by atoms with van der Waals surface area (Å²) in [5.41, 5.74) is 2.26. The molecule has 4 nitrogen and oxygen atoms in total. The van der Waals surface area contributed by atoms with E-state index in [0.29, 0.717) is 0 Å². The Morgan fingerprint density at radius 2 is 2.20 bits per heavy atom. The molecule has 5 heteroatoms. The molecular weight excluding hydrogens is 270 g/mol. The minimum atomic E-state index is 0.165. The first kappa shape index (κ1) is 14.8. The number of thiazole rings is 1. The molecule has 1 aromatic heterocycles. The molecule has 108 valence electrons. The topological polar surface area (TPSA) is 37.4 Å². The van der Waals surface area contributed by atoms with Crippen LogP contribution in [-0.4, -0.2) is 31.1 Å². The first-order chi connectivity index (χ1) is 9.60. The lowest BCUT2D eigenvalue weighted by Crippen LogP contribution is -2.12. The molecule has 0 amide bonds. The second-order valence-corrected chi connectivity index (χ2v) is 5.93. The van der Waals surface area contributed by atoms with E-state index in [-0.39, 0.29) is 6.04 Å². The Bertz CT molecular complexity index is 540. The monoisotopic (exact) mass is 291 g/mol. The summed E-state index contributed by atoms with van der Waals surface area (Å²) in [6, 6.07) is 6.41. The van der Waals surface area contributed by atoms with Crippen LogP contribution in [0.4, 0.5) is 5.69 Å². The fraction of sp³-hybridized carbons (Fsp3) is 0.400. The van der Waals surface area contributed by atoms with Crippen LogP contribution in [0, 0.1) is 0 Å². The number of methoxy groups -OCH3 is 1. The van der Waals surface area contributed by atoms with Gasteiger partial charge in [0.15, 0.2) is 0 Å². The molecule has 1 atom stereocenters. The lowest BCUT2D eigenvalue weighted by atomic mass is 10.1. The van der Waals surface area contributed by atoms with E-state index in [1.54, 1.807) is 18.4 Å². The second kappa shape index (κ2) is 6.72. The zero-order chi connectivity index (χ0) is 14.5. The minimum absolute atomic E-state index is 0.165. The Hall–Kier alpha value is -1.59. The van der Waals surface area contributed by atoms with Gasteiger partial charge < -0.3 is 15.0 Å². The molecule has 1 aromatic carbocycles. The summed E-state index contributed by atoms with van der Waals surface area (Å²) in [6.45, 7) is 3.02. The van der Waals surface area contributed by atoms with Crippen LogP contribution in [0.25, 0.3) is 0 Å². The molecule has 20 heavy (non-hydrogen) atoms. The highest BCUT2D eigenvalue weighted by molar-refractivity contribution is 7.09. The Morgan fingerprint density at radius 3 is 2.80 bits per heavy atom. The summed E-state index contributed by atoms with van der Waals surface area (Å²) in [5.74, 6) is 0.857. The highest BCUT2D eigenvalue weighted by atomic mass is 32.1. The Morgan fingerprint density at radius 1 is 1.40 bits per heavy atom. The van der Waals surface area contributed by atoms with E-state index in [2.05, 4.69) is 48.4 Å². The minimum Gasteiger partial charge on any atom is -0.495 e. The average molecular weight is 291 g/mol. The first-order valence-electron chi connectivity index (χ1n) is 6.57. The van der Waals surface area contributed by atoms with Crippen LogP contribution in [0.2, 0.25) is 0 Å². The van der Waals surface area contributed by atoms with E-state index in [0.717, 1.165) is 23.0 Å². The SMILES string of the molecule is COc1ccc(CN(C)C)cc1NC(C)c1nccs1. The fourth-order valence-electron chi connectivity index (χ4n) is 2.07. The number of aromatic nitrogens is 1. The molecule has 0 aliphatic rings. The van der Waals surface area contributed by atoms with Crippen molar-refractivity contribution in [3.05, 3.63) is 40.3 Å². The number of nitrogens with zero attached hydrogens (tertiary/aromatic N) is 2. The molecule has 2 rings (SSSR count). The smallest absolute Gasteiger partial charge is 0.141 e. The van der Waals surface area contributed by atoms with Gasteiger partial charge in [0.05, 0.1) is 18.8 Å². The van der Waals surface area contributed by atoms with E-state index >= 15 is 0 Å². The molecule has 0 saturated heterocycles. The lowest BCUT2D eigenvalue weighted by molar-refractivity contribution is 0.400. The van der Waals surface area contributed by atoms with E-state index in [1.165, 1.54) is 5.56 Å². The summed E-state index contributed by atoms with van der Waals surface area (Å²) in [4.78, 5) is 6.49. The molecule has 0 saturated carbocycles. The van der Waals surface area contributed by atoms with Crippen molar-refractivity contribution in [2.75, 3.05) is 26.5 Å². The maximum Gasteiger partial charge on any atom is 0.141 e. The van der Waals surface area contributed by atoms with E-state index < -0.39 is 0 Å². The normalized spacial score (nSPS) is 12.4. The van der Waals surface area contributed by atoms with Crippen LogP contribution in [-0.2, 0) is 6.54 Å². The number of anilines is 1. The molecule has 1 N–H and O–H groups in total. The molecule has 0 spiro atoms. The molecule has 0 fully saturated rings. The zero-order valence-electron chi connectivity index (χ0n) is 12.4. The quantitative estimate of drug-likeness (QED) is 0.885. The van der Waals surface area contributed by atoms with Crippen LogP contribution in [0.5, 0.6) is 5.75 Å². The van der Waals surface area contributed by atoms with Gasteiger partial charge >= 0.3 is 0 Å². The van der Waals surface area contributed by atoms with Crippen molar-refractivity contribution in [3.63, 3.8) is 0 Å². The Balaban J connectivity index is 2.19. The first-order valence-corrected chi connectivity index (χ1v) is 7.45. The molecule has 0 bridgehead atoms. The number of rotatable bonds is 6. The van der Waals surface area contributed by atoms with Gasteiger partial charge in [-0.05, 0) is 38.7 Å². The highest BCUT2D eigenvalue weighted by Gasteiger charge is 2.11. The fourth-order valence-corrected chi connectivity index (χ4v) is 2.72. The van der Waals surface area contributed by atoms with Crippen molar-refractivity contribution in [2.45, 2.75) is 19.5 Å². The zero-order valence-corrected chi connectivity index (χ0v) is 13.2. The molecular formula is C15H21N3OS. The molecule has 1 heterocycles. The second-order valence-electron chi connectivity index (χ2n) is 5.01. The van der Waals surface area contributed by atoms with Crippen LogP contribution in [0.3, 0.4) is 0 Å². The lowest BCUT2D eigenvalue weighted by Gasteiger charge is -2.18. The van der Waals surface area contributed by atoms with Gasteiger partial charge in [-0.3, -0.25) is 0 Å². The highest BCUT2D eigenvalue weighted by Crippen LogP contribution is 2.30. The van der Waals surface area contributed by atoms with Crippen molar-refractivity contribution in [2.24, 2.45) is 0 Å². The van der Waals surface area contributed by atoms with Crippen LogP contribution in [0.1, 0.15) is 23.5 Å². The van der Waals surface area contributed by atoms with Crippen LogP contribution >= 0.6 is 11.3 Å². The molecule has 1 unspecified atom stereocenters. The summed E-state index contributed by atoms with van der Waals surface area (Å²) in [6.07, 6.45) is 1.83. The maximum atomic E-state index is 5.43. The van der Waals surface area contributed by atoms with Crippen molar-refractivity contribution >= 4 is 17.0 Å². The standard InChI is InChI=1S/C15H21N3OS/c1-11(15-16-7-8-20-15)17-13-9-12(10-18(2)3)5-6-14(13)19-4/h5-9,11,17H,10H2,1-4H3. The number of hydrogen-bond acceptors (Lipinski definition) is 5. The van der Waals surface area contributed by atoms with Crippen LogP contribution in [0.15, 0.2) is 29.8 Å². The predicted molar refractivity (Wildman–Crippen MR) is 84.5 cm³/mol. The Labute approximate surface area is 124 Å². The van der Waals surface area contributed by atoms with Gasteiger partial charge in [-0.25, -0.2) is 4.98 Å². The molecule has 2 aromatic rings. The number of ether oxygens (including phenoxy) is 1. The largest absolute Gasteiger partial charge is 0.495 e. The summed E-state index contributed by atoms with van der Waals surface area (Å²) in [7, 11) is 5.82. The van der Waals surface area contributed by atoms with Crippen molar-refractivity contribution in [1.29, 1.82) is 0 Å². The third-order valence-electron chi connectivity index (χ3n) is 2.96. The van der Waals surface area contributed by atoms with Gasteiger partial charge in [-0.2, -0.15) is 0 Å². The van der Waals surface area contributed by atoms with Gasteiger partial charge in [-0.15, -0.1) is 11.3 Å². The predicted octanol–water partition coefficient (Wildman–Crippen LogP) is 3.39. The van der Waals surface area contributed by atoms with Gasteiger partial charge in [0, 0.05) is 18.1 Å².